The van der Waals surface area contributed by atoms with Crippen LogP contribution in [0.15, 0.2) is 23.1 Å². The number of nitrogens with zero attached hydrogens (tertiary/aromatic N) is 1. The lowest BCUT2D eigenvalue weighted by Gasteiger charge is -2.22. The van der Waals surface area contributed by atoms with E-state index < -0.39 is 15.8 Å². The van der Waals surface area contributed by atoms with Crippen molar-refractivity contribution in [3.05, 3.63) is 29.6 Å². The van der Waals surface area contributed by atoms with Crippen molar-refractivity contribution in [2.75, 3.05) is 13.1 Å². The summed E-state index contributed by atoms with van der Waals surface area (Å²) >= 11 is 5.72. The lowest BCUT2D eigenvalue weighted by atomic mass is 10.2. The molecule has 0 radical (unpaired) electrons. The Balaban J connectivity index is 3.14. The van der Waals surface area contributed by atoms with Gasteiger partial charge in [0.2, 0.25) is 10.0 Å². The molecule has 0 heterocycles. The summed E-state index contributed by atoms with van der Waals surface area (Å²) in [5.74, 6) is -0.561. The second-order valence-corrected chi connectivity index (χ2v) is 7.18. The lowest BCUT2D eigenvalue weighted by Crippen LogP contribution is -2.33. The van der Waals surface area contributed by atoms with Crippen LogP contribution in [0.2, 0.25) is 0 Å². The molecule has 0 aliphatic heterocycles. The molecule has 0 aliphatic rings. The number of unbranched alkanes of at least 4 members (excludes halogenated alkanes) is 2. The van der Waals surface area contributed by atoms with E-state index in [1.165, 1.54) is 22.5 Å². The van der Waals surface area contributed by atoms with Crippen molar-refractivity contribution in [3.63, 3.8) is 0 Å². The minimum absolute atomic E-state index is 0.159. The molecular formula is C15H23ClFNO2S. The van der Waals surface area contributed by atoms with Crippen LogP contribution in [0.1, 0.15) is 45.1 Å². The van der Waals surface area contributed by atoms with E-state index in [4.69, 9.17) is 11.6 Å². The summed E-state index contributed by atoms with van der Waals surface area (Å²) in [6.07, 6.45) is 3.31. The summed E-state index contributed by atoms with van der Waals surface area (Å²) < 4.78 is 40.7. The third-order valence-electron chi connectivity index (χ3n) is 3.29. The Labute approximate surface area is 132 Å². The Kier molecular flexibility index (Phi) is 7.63. The van der Waals surface area contributed by atoms with Crippen molar-refractivity contribution in [1.82, 2.24) is 4.31 Å². The minimum Gasteiger partial charge on any atom is -0.207 e. The third kappa shape index (κ3) is 4.94. The van der Waals surface area contributed by atoms with Crippen LogP contribution in [0.4, 0.5) is 4.39 Å². The standard InChI is InChI=1S/C15H23ClFNO2S/c1-3-5-9-18(10-6-4-2)21(19,20)15-11-13(12-16)7-8-14(15)17/h7-8,11H,3-6,9-10,12H2,1-2H3. The largest absolute Gasteiger partial charge is 0.245 e. The van der Waals surface area contributed by atoms with Crippen LogP contribution in [-0.2, 0) is 15.9 Å². The second kappa shape index (κ2) is 8.71. The van der Waals surface area contributed by atoms with E-state index in [1.54, 1.807) is 0 Å². The summed E-state index contributed by atoms with van der Waals surface area (Å²) in [4.78, 5) is -0.271. The van der Waals surface area contributed by atoms with Gasteiger partial charge in [-0.2, -0.15) is 4.31 Å². The van der Waals surface area contributed by atoms with Crippen LogP contribution in [0.25, 0.3) is 0 Å². The van der Waals surface area contributed by atoms with E-state index in [0.717, 1.165) is 25.7 Å². The molecule has 0 bridgehead atoms. The molecule has 21 heavy (non-hydrogen) atoms. The highest BCUT2D eigenvalue weighted by molar-refractivity contribution is 7.89. The monoisotopic (exact) mass is 335 g/mol. The van der Waals surface area contributed by atoms with Crippen LogP contribution >= 0.6 is 11.6 Å². The lowest BCUT2D eigenvalue weighted by molar-refractivity contribution is 0.392. The average molecular weight is 336 g/mol. The number of halogens is 2. The molecule has 0 saturated heterocycles. The molecule has 1 aromatic rings. The van der Waals surface area contributed by atoms with E-state index in [0.29, 0.717) is 18.7 Å². The first kappa shape index (κ1) is 18.4. The van der Waals surface area contributed by atoms with Gasteiger partial charge in [-0.25, -0.2) is 12.8 Å². The number of alkyl halides is 1. The maximum absolute atomic E-state index is 14.0. The summed E-state index contributed by atoms with van der Waals surface area (Å²) in [5.41, 5.74) is 0.600. The fourth-order valence-corrected chi connectivity index (χ4v) is 3.79. The Morgan fingerprint density at radius 3 is 2.19 bits per heavy atom. The quantitative estimate of drug-likeness (QED) is 0.635. The van der Waals surface area contributed by atoms with E-state index in [9.17, 15) is 12.8 Å². The van der Waals surface area contributed by atoms with Gasteiger partial charge in [0, 0.05) is 19.0 Å². The van der Waals surface area contributed by atoms with Gasteiger partial charge in [-0.3, -0.25) is 0 Å². The molecule has 1 aromatic carbocycles. The maximum atomic E-state index is 14.0. The summed E-state index contributed by atoms with van der Waals surface area (Å²) in [5, 5.41) is 0. The fraction of sp³-hybridized carbons (Fsp3) is 0.600. The van der Waals surface area contributed by atoms with Crippen molar-refractivity contribution in [1.29, 1.82) is 0 Å². The van der Waals surface area contributed by atoms with Crippen molar-refractivity contribution in [2.45, 2.75) is 50.3 Å². The van der Waals surface area contributed by atoms with Crippen LogP contribution in [0.5, 0.6) is 0 Å². The smallest absolute Gasteiger partial charge is 0.207 e. The van der Waals surface area contributed by atoms with Crippen LogP contribution in [-0.4, -0.2) is 25.8 Å². The Morgan fingerprint density at radius 2 is 1.71 bits per heavy atom. The molecule has 0 atom stereocenters. The maximum Gasteiger partial charge on any atom is 0.245 e. The SMILES string of the molecule is CCCCN(CCCC)S(=O)(=O)c1cc(CCl)ccc1F. The molecule has 0 aromatic heterocycles. The second-order valence-electron chi connectivity index (χ2n) is 5.01. The summed E-state index contributed by atoms with van der Waals surface area (Å²) in [6, 6.07) is 4.01. The van der Waals surface area contributed by atoms with Crippen molar-refractivity contribution in [2.24, 2.45) is 0 Å². The topological polar surface area (TPSA) is 37.4 Å². The zero-order valence-corrected chi connectivity index (χ0v) is 14.2. The van der Waals surface area contributed by atoms with E-state index >= 15 is 0 Å². The highest BCUT2D eigenvalue weighted by Gasteiger charge is 2.26. The highest BCUT2D eigenvalue weighted by Crippen LogP contribution is 2.22. The zero-order chi connectivity index (χ0) is 15.9. The normalized spacial score (nSPS) is 12.0. The van der Waals surface area contributed by atoms with Gasteiger partial charge in [0.05, 0.1) is 0 Å². The number of sulfonamides is 1. The minimum atomic E-state index is -3.81. The molecule has 0 saturated carbocycles. The molecule has 0 N–H and O–H groups in total. The molecule has 1 rings (SSSR count). The molecule has 0 unspecified atom stereocenters. The molecule has 0 fully saturated rings. The number of hydrogen-bond donors (Lipinski definition) is 0. The van der Waals surface area contributed by atoms with Gasteiger partial charge in [-0.05, 0) is 30.5 Å². The predicted molar refractivity (Wildman–Crippen MR) is 84.5 cm³/mol. The fourth-order valence-electron chi connectivity index (χ4n) is 1.99. The zero-order valence-electron chi connectivity index (χ0n) is 12.6. The van der Waals surface area contributed by atoms with Crippen LogP contribution in [0, 0.1) is 5.82 Å². The summed E-state index contributed by atoms with van der Waals surface area (Å²) in [6.45, 7) is 4.84. The van der Waals surface area contributed by atoms with Gasteiger partial charge in [0.25, 0.3) is 0 Å². The third-order valence-corrected chi connectivity index (χ3v) is 5.51. The first-order valence-electron chi connectivity index (χ1n) is 7.31. The van der Waals surface area contributed by atoms with Crippen molar-refractivity contribution < 1.29 is 12.8 Å². The van der Waals surface area contributed by atoms with E-state index in [-0.39, 0.29) is 10.8 Å². The summed E-state index contributed by atoms with van der Waals surface area (Å²) in [7, 11) is -3.81. The highest BCUT2D eigenvalue weighted by atomic mass is 35.5. The molecule has 0 spiro atoms. The van der Waals surface area contributed by atoms with Gasteiger partial charge in [0.15, 0.2) is 0 Å². The van der Waals surface area contributed by atoms with Crippen LogP contribution in [0.3, 0.4) is 0 Å². The molecular weight excluding hydrogens is 313 g/mol. The van der Waals surface area contributed by atoms with E-state index in [2.05, 4.69) is 0 Å². The van der Waals surface area contributed by atoms with Gasteiger partial charge >= 0.3 is 0 Å². The Bertz CT molecular complexity index is 541. The average Bonchev–Trinajstić information content (AvgIpc) is 2.47. The predicted octanol–water partition coefficient (Wildman–Crippen LogP) is 4.16. The number of benzene rings is 1. The van der Waals surface area contributed by atoms with Crippen molar-refractivity contribution in [3.8, 4) is 0 Å². The van der Waals surface area contributed by atoms with Gasteiger partial charge < -0.3 is 0 Å². The Morgan fingerprint density at radius 1 is 1.14 bits per heavy atom. The van der Waals surface area contributed by atoms with Gasteiger partial charge in [0.1, 0.15) is 10.7 Å². The molecule has 0 aliphatic carbocycles. The number of rotatable bonds is 9. The number of hydrogen-bond acceptors (Lipinski definition) is 2. The molecule has 3 nitrogen and oxygen atoms in total. The molecule has 120 valence electrons. The van der Waals surface area contributed by atoms with Crippen LogP contribution < -0.4 is 0 Å². The van der Waals surface area contributed by atoms with E-state index in [1.807, 2.05) is 13.8 Å². The first-order chi connectivity index (χ1) is 9.97. The Hall–Kier alpha value is -0.650. The van der Waals surface area contributed by atoms with Gasteiger partial charge in [-0.1, -0.05) is 32.8 Å². The molecule has 6 heteroatoms. The molecule has 0 amide bonds. The van der Waals surface area contributed by atoms with Gasteiger partial charge in [-0.15, -0.1) is 11.6 Å². The van der Waals surface area contributed by atoms with Crippen molar-refractivity contribution >= 4 is 21.6 Å². The first-order valence-corrected chi connectivity index (χ1v) is 9.29.